The molecule has 0 heterocycles. The van der Waals surface area contributed by atoms with Crippen molar-refractivity contribution in [3.8, 4) is 0 Å². The molecule has 2 nitrogen and oxygen atoms in total. The number of hydrogen-bond acceptors (Lipinski definition) is 2. The third kappa shape index (κ3) is 1.67. The van der Waals surface area contributed by atoms with Crippen LogP contribution in [0.15, 0.2) is 54.7 Å². The first-order valence-electron chi connectivity index (χ1n) is 4.98. The van der Waals surface area contributed by atoms with Crippen molar-refractivity contribution in [2.75, 3.05) is 0 Å². The monoisotopic (exact) mass is 244 g/mol. The molecule has 0 N–H and O–H groups in total. The first-order chi connectivity index (χ1) is 8.10. The molecule has 0 amide bonds. The molecule has 1 aromatic carbocycles. The number of carbonyl (C=O) groups is 2. The molecule has 2 rings (SSSR count). The average Bonchev–Trinajstić information content (AvgIpc) is 2.33. The smallest absolute Gasteiger partial charge is 0.194 e. The van der Waals surface area contributed by atoms with Gasteiger partial charge in [0.25, 0.3) is 0 Å². The Morgan fingerprint density at radius 2 is 1.47 bits per heavy atom. The van der Waals surface area contributed by atoms with Crippen molar-refractivity contribution in [2.24, 2.45) is 0 Å². The number of fused-ring (bicyclic) bond motifs is 1. The molecule has 0 bridgehead atoms. The minimum atomic E-state index is -0.244. The summed E-state index contributed by atoms with van der Waals surface area (Å²) in [5, 5.41) is 0.426. The molecule has 0 atom stereocenters. The molecule has 0 aliphatic heterocycles. The lowest BCUT2D eigenvalue weighted by Gasteiger charge is -2.17. The maximum atomic E-state index is 12.1. The predicted molar refractivity (Wildman–Crippen MR) is 67.5 cm³/mol. The highest BCUT2D eigenvalue weighted by atomic mass is 35.5. The Morgan fingerprint density at radius 1 is 0.941 bits per heavy atom. The standard InChI is InChI=1S/C14H9ClO2/c1-3-9-10(4-2)14(17)12-7-8(15)5-6-11(12)13(9)16/h3-7H,1-2H2. The molecular weight excluding hydrogens is 236 g/mol. The van der Waals surface area contributed by atoms with Gasteiger partial charge in [0, 0.05) is 27.3 Å². The summed E-state index contributed by atoms with van der Waals surface area (Å²) in [7, 11) is 0. The molecule has 0 fully saturated rings. The van der Waals surface area contributed by atoms with Gasteiger partial charge in [0.15, 0.2) is 11.6 Å². The number of Topliss-reactive ketones (excluding diaryl/α,β-unsaturated/α-hetero) is 2. The number of hydrogen-bond donors (Lipinski definition) is 0. The lowest BCUT2D eigenvalue weighted by molar-refractivity contribution is 0.0980. The lowest BCUT2D eigenvalue weighted by Crippen LogP contribution is -2.20. The Balaban J connectivity index is 2.76. The number of rotatable bonds is 2. The van der Waals surface area contributed by atoms with Crippen molar-refractivity contribution in [3.05, 3.63) is 70.8 Å². The molecule has 1 aromatic rings. The van der Waals surface area contributed by atoms with E-state index in [4.69, 9.17) is 11.6 Å². The summed E-state index contributed by atoms with van der Waals surface area (Å²) in [5.41, 5.74) is 1.25. The number of carbonyl (C=O) groups excluding carboxylic acids is 2. The molecule has 3 heteroatoms. The second kappa shape index (κ2) is 4.15. The van der Waals surface area contributed by atoms with Gasteiger partial charge in [0.2, 0.25) is 0 Å². The molecule has 1 aliphatic carbocycles. The summed E-state index contributed by atoms with van der Waals surface area (Å²) in [4.78, 5) is 24.2. The highest BCUT2D eigenvalue weighted by Crippen LogP contribution is 2.29. The van der Waals surface area contributed by atoms with E-state index in [0.29, 0.717) is 21.7 Å². The molecule has 0 radical (unpaired) electrons. The molecule has 1 aliphatic rings. The van der Waals surface area contributed by atoms with Crippen LogP contribution in [-0.2, 0) is 0 Å². The van der Waals surface area contributed by atoms with Gasteiger partial charge in [0.1, 0.15) is 0 Å². The van der Waals surface area contributed by atoms with E-state index in [2.05, 4.69) is 13.2 Å². The molecule has 84 valence electrons. The van der Waals surface area contributed by atoms with Crippen LogP contribution in [0.5, 0.6) is 0 Å². The van der Waals surface area contributed by atoms with Crippen LogP contribution < -0.4 is 0 Å². The van der Waals surface area contributed by atoms with Gasteiger partial charge in [-0.1, -0.05) is 36.9 Å². The van der Waals surface area contributed by atoms with Crippen molar-refractivity contribution in [3.63, 3.8) is 0 Å². The van der Waals surface area contributed by atoms with E-state index in [1.165, 1.54) is 18.2 Å². The zero-order valence-corrected chi connectivity index (χ0v) is 9.75. The zero-order chi connectivity index (χ0) is 12.6. The zero-order valence-electron chi connectivity index (χ0n) is 9.00. The number of benzene rings is 1. The molecule has 17 heavy (non-hydrogen) atoms. The third-order valence-electron chi connectivity index (χ3n) is 2.66. The van der Waals surface area contributed by atoms with Crippen LogP contribution in [0.25, 0.3) is 0 Å². The van der Waals surface area contributed by atoms with E-state index >= 15 is 0 Å². The summed E-state index contributed by atoms with van der Waals surface area (Å²) in [6, 6.07) is 4.65. The van der Waals surface area contributed by atoms with Gasteiger partial charge in [-0.15, -0.1) is 0 Å². The van der Waals surface area contributed by atoms with Gasteiger partial charge in [-0.05, 0) is 18.2 Å². The van der Waals surface area contributed by atoms with Gasteiger partial charge >= 0.3 is 0 Å². The predicted octanol–water partition coefficient (Wildman–Crippen LogP) is 3.39. The first-order valence-corrected chi connectivity index (χ1v) is 5.36. The van der Waals surface area contributed by atoms with Gasteiger partial charge in [-0.3, -0.25) is 9.59 Å². The Bertz CT molecular complexity index is 594. The van der Waals surface area contributed by atoms with Crippen molar-refractivity contribution in [1.29, 1.82) is 0 Å². The van der Waals surface area contributed by atoms with E-state index in [0.717, 1.165) is 0 Å². The second-order valence-corrected chi connectivity index (χ2v) is 4.02. The summed E-state index contributed by atoms with van der Waals surface area (Å²) < 4.78 is 0. The minimum Gasteiger partial charge on any atom is -0.289 e. The molecule has 0 saturated heterocycles. The largest absolute Gasteiger partial charge is 0.289 e. The van der Waals surface area contributed by atoms with Crippen LogP contribution in [0.2, 0.25) is 5.02 Å². The molecule has 0 unspecified atom stereocenters. The number of ketones is 2. The van der Waals surface area contributed by atoms with Crippen LogP contribution in [-0.4, -0.2) is 11.6 Å². The van der Waals surface area contributed by atoms with Crippen molar-refractivity contribution in [1.82, 2.24) is 0 Å². The quantitative estimate of drug-likeness (QED) is 0.799. The van der Waals surface area contributed by atoms with Gasteiger partial charge in [0.05, 0.1) is 0 Å². The van der Waals surface area contributed by atoms with Gasteiger partial charge < -0.3 is 0 Å². The van der Waals surface area contributed by atoms with Crippen molar-refractivity contribution in [2.45, 2.75) is 0 Å². The summed E-state index contributed by atoms with van der Waals surface area (Å²) in [6.07, 6.45) is 2.76. The van der Waals surface area contributed by atoms with Crippen molar-refractivity contribution >= 4 is 23.2 Å². The van der Waals surface area contributed by atoms with Crippen LogP contribution >= 0.6 is 11.6 Å². The minimum absolute atomic E-state index is 0.221. The van der Waals surface area contributed by atoms with E-state index in [9.17, 15) is 9.59 Å². The summed E-state index contributed by atoms with van der Waals surface area (Å²) in [6.45, 7) is 7.10. The number of allylic oxidation sites excluding steroid dienone is 4. The highest BCUT2D eigenvalue weighted by molar-refractivity contribution is 6.33. The summed E-state index contributed by atoms with van der Waals surface area (Å²) in [5.74, 6) is -0.465. The normalized spacial score (nSPS) is 14.6. The Hall–Kier alpha value is -1.93. The molecule has 0 saturated carbocycles. The van der Waals surface area contributed by atoms with Crippen LogP contribution in [0.4, 0.5) is 0 Å². The molecular formula is C14H9ClO2. The third-order valence-corrected chi connectivity index (χ3v) is 2.89. The Morgan fingerprint density at radius 3 is 2.00 bits per heavy atom. The SMILES string of the molecule is C=CC1=C(C=C)C(=O)c2cc(Cl)ccc2C1=O. The first kappa shape index (κ1) is 11.6. The maximum absolute atomic E-state index is 12.1. The van der Waals surface area contributed by atoms with E-state index in [1.807, 2.05) is 0 Å². The Kier molecular flexibility index (Phi) is 2.82. The van der Waals surface area contributed by atoms with Gasteiger partial charge in [-0.2, -0.15) is 0 Å². The van der Waals surface area contributed by atoms with Crippen LogP contribution in [0.3, 0.4) is 0 Å². The fraction of sp³-hybridized carbons (Fsp3) is 0. The average molecular weight is 245 g/mol. The second-order valence-electron chi connectivity index (χ2n) is 3.58. The van der Waals surface area contributed by atoms with Crippen LogP contribution in [0, 0.1) is 0 Å². The Labute approximate surface area is 104 Å². The van der Waals surface area contributed by atoms with E-state index in [1.54, 1.807) is 12.1 Å². The number of halogens is 1. The fourth-order valence-electron chi connectivity index (χ4n) is 1.84. The van der Waals surface area contributed by atoms with Gasteiger partial charge in [-0.25, -0.2) is 0 Å². The molecule has 0 aromatic heterocycles. The lowest BCUT2D eigenvalue weighted by atomic mass is 9.84. The maximum Gasteiger partial charge on any atom is 0.194 e. The van der Waals surface area contributed by atoms with E-state index < -0.39 is 0 Å². The topological polar surface area (TPSA) is 34.1 Å². The van der Waals surface area contributed by atoms with Crippen molar-refractivity contribution < 1.29 is 9.59 Å². The highest BCUT2D eigenvalue weighted by Gasteiger charge is 2.29. The molecule has 0 spiro atoms. The fourth-order valence-corrected chi connectivity index (χ4v) is 2.01. The summed E-state index contributed by atoms with van der Waals surface area (Å²) >= 11 is 5.83. The van der Waals surface area contributed by atoms with E-state index in [-0.39, 0.29) is 17.1 Å². The van der Waals surface area contributed by atoms with Crippen LogP contribution in [0.1, 0.15) is 20.7 Å².